The summed E-state index contributed by atoms with van der Waals surface area (Å²) in [6, 6.07) is 1.32. The highest BCUT2D eigenvalue weighted by molar-refractivity contribution is 5.82. The molecule has 0 aliphatic heterocycles. The molecule has 0 saturated heterocycles. The zero-order valence-electron chi connectivity index (χ0n) is 9.59. The van der Waals surface area contributed by atoms with E-state index in [-0.39, 0.29) is 12.5 Å². The quantitative estimate of drug-likeness (QED) is 0.777. The number of carbonyl (C=O) groups excluding carboxylic acids is 1. The molecule has 1 aromatic rings. The Morgan fingerprint density at radius 3 is 2.76 bits per heavy atom. The Hall–Kier alpha value is -1.85. The molecule has 1 aromatic heterocycles. The molecule has 1 amide bonds. The molecule has 0 aromatic carbocycles. The summed E-state index contributed by atoms with van der Waals surface area (Å²) in [5, 5.41) is 15.6. The molecule has 1 heterocycles. The Balaban J connectivity index is 1.88. The van der Waals surface area contributed by atoms with Gasteiger partial charge in [-0.2, -0.15) is 5.10 Å². The number of hydrogen-bond acceptors (Lipinski definition) is 3. The number of carboxylic acids is 1. The molecule has 1 unspecified atom stereocenters. The maximum Gasteiger partial charge on any atom is 0.311 e. The van der Waals surface area contributed by atoms with Crippen molar-refractivity contribution in [2.24, 2.45) is 5.41 Å². The summed E-state index contributed by atoms with van der Waals surface area (Å²) < 4.78 is 1.54. The number of aliphatic carboxylic acids is 1. The van der Waals surface area contributed by atoms with Crippen molar-refractivity contribution in [2.75, 3.05) is 6.54 Å². The van der Waals surface area contributed by atoms with Crippen LogP contribution in [0.1, 0.15) is 25.8 Å². The van der Waals surface area contributed by atoms with Crippen LogP contribution in [0.15, 0.2) is 18.5 Å². The summed E-state index contributed by atoms with van der Waals surface area (Å²) in [7, 11) is 0. The molecule has 0 bridgehead atoms. The van der Waals surface area contributed by atoms with E-state index >= 15 is 0 Å². The summed E-state index contributed by atoms with van der Waals surface area (Å²) in [6.07, 6.45) is 4.58. The maximum absolute atomic E-state index is 11.8. The van der Waals surface area contributed by atoms with Crippen LogP contribution >= 0.6 is 0 Å². The van der Waals surface area contributed by atoms with E-state index in [9.17, 15) is 9.59 Å². The molecule has 2 N–H and O–H groups in total. The smallest absolute Gasteiger partial charge is 0.311 e. The van der Waals surface area contributed by atoms with Gasteiger partial charge in [-0.05, 0) is 25.8 Å². The first-order valence-corrected chi connectivity index (χ1v) is 5.55. The minimum atomic E-state index is -0.829. The van der Waals surface area contributed by atoms with Crippen molar-refractivity contribution in [3.63, 3.8) is 0 Å². The van der Waals surface area contributed by atoms with E-state index in [0.717, 1.165) is 0 Å². The number of carbonyl (C=O) groups is 2. The highest BCUT2D eigenvalue weighted by Gasteiger charge is 2.50. The fraction of sp³-hybridized carbons (Fsp3) is 0.545. The average Bonchev–Trinajstić information content (AvgIpc) is 2.91. The molecule has 2 rings (SSSR count). The zero-order chi connectivity index (χ0) is 12.5. The number of nitrogens with one attached hydrogen (secondary N) is 1. The first kappa shape index (κ1) is 11.6. The maximum atomic E-state index is 11.8. The number of aromatic nitrogens is 2. The Kier molecular flexibility index (Phi) is 2.87. The van der Waals surface area contributed by atoms with Crippen LogP contribution in [0.5, 0.6) is 0 Å². The molecule has 92 valence electrons. The molecule has 0 spiro atoms. The second-order valence-corrected chi connectivity index (χ2v) is 4.47. The van der Waals surface area contributed by atoms with Crippen LogP contribution in [0.25, 0.3) is 0 Å². The van der Waals surface area contributed by atoms with Gasteiger partial charge in [0, 0.05) is 18.9 Å². The second-order valence-electron chi connectivity index (χ2n) is 4.47. The van der Waals surface area contributed by atoms with Gasteiger partial charge in [-0.25, -0.2) is 0 Å². The van der Waals surface area contributed by atoms with Crippen molar-refractivity contribution in [1.29, 1.82) is 0 Å². The Morgan fingerprint density at radius 2 is 2.29 bits per heavy atom. The van der Waals surface area contributed by atoms with E-state index in [1.807, 2.05) is 0 Å². The van der Waals surface area contributed by atoms with Crippen molar-refractivity contribution >= 4 is 11.9 Å². The Bertz CT molecular complexity index is 423. The van der Waals surface area contributed by atoms with Gasteiger partial charge in [0.1, 0.15) is 6.04 Å². The van der Waals surface area contributed by atoms with Crippen LogP contribution in [0.4, 0.5) is 0 Å². The standard InChI is InChI=1S/C11H15N3O3/c1-8(14-6-2-5-13-14)9(15)12-7-11(3-4-11)10(16)17/h2,5-6,8H,3-4,7H2,1H3,(H,12,15)(H,16,17). The summed E-state index contributed by atoms with van der Waals surface area (Å²) in [4.78, 5) is 22.7. The lowest BCUT2D eigenvalue weighted by Crippen LogP contribution is -2.37. The fourth-order valence-corrected chi connectivity index (χ4v) is 1.65. The second kappa shape index (κ2) is 4.20. The van der Waals surface area contributed by atoms with E-state index in [2.05, 4.69) is 10.4 Å². The van der Waals surface area contributed by atoms with E-state index in [1.165, 1.54) is 4.68 Å². The molecule has 6 nitrogen and oxygen atoms in total. The normalized spacial score (nSPS) is 18.4. The van der Waals surface area contributed by atoms with Gasteiger partial charge in [-0.3, -0.25) is 14.3 Å². The molecular weight excluding hydrogens is 222 g/mol. The molecule has 17 heavy (non-hydrogen) atoms. The predicted molar refractivity (Wildman–Crippen MR) is 59.3 cm³/mol. The van der Waals surface area contributed by atoms with Crippen molar-refractivity contribution < 1.29 is 14.7 Å². The van der Waals surface area contributed by atoms with Crippen LogP contribution in [0.3, 0.4) is 0 Å². The van der Waals surface area contributed by atoms with E-state index in [1.54, 1.807) is 25.4 Å². The third kappa shape index (κ3) is 2.30. The predicted octanol–water partition coefficient (Wildman–Crippen LogP) is 0.425. The Morgan fingerprint density at radius 1 is 1.59 bits per heavy atom. The monoisotopic (exact) mass is 237 g/mol. The largest absolute Gasteiger partial charge is 0.481 e. The van der Waals surface area contributed by atoms with Gasteiger partial charge in [0.25, 0.3) is 0 Å². The van der Waals surface area contributed by atoms with E-state index in [0.29, 0.717) is 12.8 Å². The summed E-state index contributed by atoms with van der Waals surface area (Å²) in [5.74, 6) is -1.04. The van der Waals surface area contributed by atoms with Crippen molar-refractivity contribution in [3.05, 3.63) is 18.5 Å². The fourth-order valence-electron chi connectivity index (χ4n) is 1.65. The molecule has 6 heteroatoms. The van der Waals surface area contributed by atoms with E-state index in [4.69, 9.17) is 5.11 Å². The lowest BCUT2D eigenvalue weighted by Gasteiger charge is -2.15. The van der Waals surface area contributed by atoms with Crippen molar-refractivity contribution in [2.45, 2.75) is 25.8 Å². The SMILES string of the molecule is CC(C(=O)NCC1(C(=O)O)CC1)n1cccn1. The number of amides is 1. The summed E-state index contributed by atoms with van der Waals surface area (Å²) >= 11 is 0. The molecule has 0 radical (unpaired) electrons. The van der Waals surface area contributed by atoms with E-state index < -0.39 is 17.4 Å². The first-order valence-electron chi connectivity index (χ1n) is 5.55. The highest BCUT2D eigenvalue weighted by Crippen LogP contribution is 2.45. The van der Waals surface area contributed by atoms with Gasteiger partial charge in [-0.1, -0.05) is 0 Å². The molecule has 1 atom stereocenters. The van der Waals surface area contributed by atoms with Crippen LogP contribution in [-0.2, 0) is 9.59 Å². The zero-order valence-corrected chi connectivity index (χ0v) is 9.59. The topological polar surface area (TPSA) is 84.2 Å². The minimum Gasteiger partial charge on any atom is -0.481 e. The molecule has 1 saturated carbocycles. The van der Waals surface area contributed by atoms with Crippen LogP contribution in [-0.4, -0.2) is 33.3 Å². The number of nitrogens with zero attached hydrogens (tertiary/aromatic N) is 2. The number of hydrogen-bond donors (Lipinski definition) is 2. The van der Waals surface area contributed by atoms with Crippen molar-refractivity contribution in [1.82, 2.24) is 15.1 Å². The van der Waals surface area contributed by atoms with Gasteiger partial charge < -0.3 is 10.4 Å². The first-order chi connectivity index (χ1) is 8.05. The highest BCUT2D eigenvalue weighted by atomic mass is 16.4. The lowest BCUT2D eigenvalue weighted by atomic mass is 10.1. The molecular formula is C11H15N3O3. The summed E-state index contributed by atoms with van der Waals surface area (Å²) in [6.45, 7) is 1.93. The minimum absolute atomic E-state index is 0.201. The van der Waals surface area contributed by atoms with Gasteiger partial charge >= 0.3 is 5.97 Å². The average molecular weight is 237 g/mol. The molecule has 1 fully saturated rings. The third-order valence-electron chi connectivity index (χ3n) is 3.21. The van der Waals surface area contributed by atoms with Gasteiger partial charge in [0.05, 0.1) is 5.41 Å². The van der Waals surface area contributed by atoms with Gasteiger partial charge in [0.15, 0.2) is 0 Å². The van der Waals surface area contributed by atoms with Crippen LogP contribution in [0, 0.1) is 5.41 Å². The lowest BCUT2D eigenvalue weighted by molar-refractivity contribution is -0.143. The molecule has 1 aliphatic rings. The van der Waals surface area contributed by atoms with Crippen LogP contribution in [0.2, 0.25) is 0 Å². The van der Waals surface area contributed by atoms with Crippen molar-refractivity contribution in [3.8, 4) is 0 Å². The Labute approximate surface area is 98.6 Å². The third-order valence-corrected chi connectivity index (χ3v) is 3.21. The summed E-state index contributed by atoms with van der Waals surface area (Å²) in [5.41, 5.74) is -0.723. The van der Waals surface area contributed by atoms with Gasteiger partial charge in [0.2, 0.25) is 5.91 Å². The molecule has 1 aliphatic carbocycles. The van der Waals surface area contributed by atoms with Crippen LogP contribution < -0.4 is 5.32 Å². The number of carboxylic acid groups (broad SMARTS) is 1. The van der Waals surface area contributed by atoms with Gasteiger partial charge in [-0.15, -0.1) is 0 Å². The number of rotatable bonds is 5.